The molecule has 0 aliphatic rings. The largest absolute Gasteiger partial charge is 0.573 e. The molecule has 0 radical (unpaired) electrons. The molecule has 0 aliphatic heterocycles. The van der Waals surface area contributed by atoms with E-state index in [1.165, 1.54) is 18.2 Å². The van der Waals surface area contributed by atoms with E-state index in [4.69, 9.17) is 11.6 Å². The van der Waals surface area contributed by atoms with E-state index in [1.807, 2.05) is 0 Å². The van der Waals surface area contributed by atoms with Crippen LogP contribution in [0.5, 0.6) is 5.75 Å². The first-order valence-corrected chi connectivity index (χ1v) is 8.10. The van der Waals surface area contributed by atoms with Gasteiger partial charge in [-0.05, 0) is 42.0 Å². The van der Waals surface area contributed by atoms with Crippen LogP contribution >= 0.6 is 11.6 Å². The van der Waals surface area contributed by atoms with Crippen molar-refractivity contribution in [3.05, 3.63) is 82.9 Å². The minimum absolute atomic E-state index is 0.0155. The summed E-state index contributed by atoms with van der Waals surface area (Å²) in [5.41, 5.74) is -0.732. The molecule has 1 aromatic heterocycles. The molecule has 9 heteroatoms. The van der Waals surface area contributed by atoms with Gasteiger partial charge in [0.05, 0.1) is 5.56 Å². The van der Waals surface area contributed by atoms with Gasteiger partial charge in [-0.15, -0.1) is 13.2 Å². The second-order valence-electron chi connectivity index (χ2n) is 5.70. The van der Waals surface area contributed by atoms with Gasteiger partial charge >= 0.3 is 12.3 Å². The molecule has 0 saturated carbocycles. The van der Waals surface area contributed by atoms with Crippen molar-refractivity contribution < 1.29 is 31.1 Å². The zero-order chi connectivity index (χ0) is 20.5. The van der Waals surface area contributed by atoms with E-state index < -0.39 is 35.1 Å². The molecule has 0 bridgehead atoms. The van der Waals surface area contributed by atoms with Crippen LogP contribution in [0.1, 0.15) is 11.3 Å². The van der Waals surface area contributed by atoms with Gasteiger partial charge in [0.25, 0.3) is 0 Å². The van der Waals surface area contributed by atoms with Crippen LogP contribution in [0.25, 0.3) is 11.1 Å². The second kappa shape index (κ2) is 7.35. The average Bonchev–Trinajstić information content (AvgIpc) is 2.61. The highest BCUT2D eigenvalue weighted by Crippen LogP contribution is 2.37. The lowest BCUT2D eigenvalue weighted by Gasteiger charge is -2.17. The van der Waals surface area contributed by atoms with Gasteiger partial charge in [-0.2, -0.15) is 8.78 Å². The van der Waals surface area contributed by atoms with E-state index >= 15 is 0 Å². The third kappa shape index (κ3) is 4.39. The van der Waals surface area contributed by atoms with Crippen LogP contribution in [0.2, 0.25) is 5.02 Å². The molecule has 3 rings (SSSR count). The normalized spacial score (nSPS) is 12.1. The molecule has 2 aromatic carbocycles. The first kappa shape index (κ1) is 20.0. The van der Waals surface area contributed by atoms with Gasteiger partial charge in [-0.3, -0.25) is 4.98 Å². The third-order valence-electron chi connectivity index (χ3n) is 3.78. The van der Waals surface area contributed by atoms with Crippen molar-refractivity contribution in [2.45, 2.75) is 12.3 Å². The number of alkyl halides is 5. The van der Waals surface area contributed by atoms with E-state index in [0.29, 0.717) is 11.1 Å². The summed E-state index contributed by atoms with van der Waals surface area (Å²) in [7, 11) is 0. The molecule has 0 spiro atoms. The number of halogens is 7. The molecule has 0 amide bonds. The summed E-state index contributed by atoms with van der Waals surface area (Å²) in [6.45, 7) is 0. The number of hydrogen-bond donors (Lipinski definition) is 0. The summed E-state index contributed by atoms with van der Waals surface area (Å²) in [5.74, 6) is -5.27. The highest BCUT2D eigenvalue weighted by molar-refractivity contribution is 6.30. The van der Waals surface area contributed by atoms with Crippen LogP contribution in [-0.4, -0.2) is 11.3 Å². The number of aromatic nitrogens is 1. The van der Waals surface area contributed by atoms with Crippen molar-refractivity contribution in [1.82, 2.24) is 4.98 Å². The quantitative estimate of drug-likeness (QED) is 0.447. The molecule has 28 heavy (non-hydrogen) atoms. The van der Waals surface area contributed by atoms with Crippen molar-refractivity contribution in [3.63, 3.8) is 0 Å². The van der Waals surface area contributed by atoms with Crippen LogP contribution in [0.15, 0.2) is 60.8 Å². The molecule has 0 fully saturated rings. The first-order valence-electron chi connectivity index (χ1n) is 7.72. The zero-order valence-electron chi connectivity index (χ0n) is 13.8. The van der Waals surface area contributed by atoms with Gasteiger partial charge in [0, 0.05) is 16.8 Å². The summed E-state index contributed by atoms with van der Waals surface area (Å²) in [4.78, 5) is 3.69. The fraction of sp³-hybridized carbons (Fsp3) is 0.105. The van der Waals surface area contributed by atoms with Gasteiger partial charge in [-0.25, -0.2) is 4.39 Å². The van der Waals surface area contributed by atoms with E-state index in [2.05, 4.69) is 9.72 Å². The van der Waals surface area contributed by atoms with Crippen LogP contribution in [0, 0.1) is 5.82 Å². The van der Waals surface area contributed by atoms with Crippen molar-refractivity contribution in [2.75, 3.05) is 0 Å². The standard InChI is InChI=1S/C19H10ClF6NO/c20-13-4-7-15(16(21)9-13)18(22,23)17-8-3-12(10-27-17)11-1-5-14(6-2-11)28-19(24,25)26/h1-10H. The Morgan fingerprint density at radius 3 is 2.00 bits per heavy atom. The molecule has 1 heterocycles. The molecular formula is C19H10ClF6NO. The van der Waals surface area contributed by atoms with E-state index in [-0.39, 0.29) is 5.02 Å². The fourth-order valence-corrected chi connectivity index (χ4v) is 2.64. The lowest BCUT2D eigenvalue weighted by molar-refractivity contribution is -0.274. The Bertz CT molecular complexity index is 971. The molecule has 0 unspecified atom stereocenters. The highest BCUT2D eigenvalue weighted by atomic mass is 35.5. The van der Waals surface area contributed by atoms with Gasteiger partial charge < -0.3 is 4.74 Å². The molecule has 2 nitrogen and oxygen atoms in total. The predicted molar refractivity (Wildman–Crippen MR) is 90.8 cm³/mol. The van der Waals surface area contributed by atoms with Gasteiger partial charge in [0.15, 0.2) is 0 Å². The molecule has 146 valence electrons. The van der Waals surface area contributed by atoms with Crippen LogP contribution in [0.4, 0.5) is 26.3 Å². The third-order valence-corrected chi connectivity index (χ3v) is 4.01. The smallest absolute Gasteiger partial charge is 0.406 e. The van der Waals surface area contributed by atoms with Crippen molar-refractivity contribution in [3.8, 4) is 16.9 Å². The topological polar surface area (TPSA) is 22.1 Å². The van der Waals surface area contributed by atoms with Crippen molar-refractivity contribution in [2.24, 2.45) is 0 Å². The number of pyridine rings is 1. The minimum Gasteiger partial charge on any atom is -0.406 e. The average molecular weight is 418 g/mol. The molecular weight excluding hydrogens is 408 g/mol. The summed E-state index contributed by atoms with van der Waals surface area (Å²) < 4.78 is 83.2. The number of hydrogen-bond acceptors (Lipinski definition) is 2. The summed E-state index contributed by atoms with van der Waals surface area (Å²) >= 11 is 5.58. The Balaban J connectivity index is 1.85. The Labute approximate surface area is 160 Å². The molecule has 0 saturated heterocycles. The monoisotopic (exact) mass is 417 g/mol. The van der Waals surface area contributed by atoms with Crippen LogP contribution in [0.3, 0.4) is 0 Å². The maximum absolute atomic E-state index is 14.6. The van der Waals surface area contributed by atoms with E-state index in [9.17, 15) is 26.3 Å². The molecule has 0 aliphatic carbocycles. The van der Waals surface area contributed by atoms with Crippen LogP contribution < -0.4 is 4.74 Å². The number of ether oxygens (including phenoxy) is 1. The predicted octanol–water partition coefficient (Wildman–Crippen LogP) is 6.58. The zero-order valence-corrected chi connectivity index (χ0v) is 14.5. The van der Waals surface area contributed by atoms with E-state index in [1.54, 1.807) is 0 Å². The Kier molecular flexibility index (Phi) is 5.25. The lowest BCUT2D eigenvalue weighted by Crippen LogP contribution is -2.18. The maximum Gasteiger partial charge on any atom is 0.573 e. The Hall–Kier alpha value is -2.74. The Morgan fingerprint density at radius 1 is 0.821 bits per heavy atom. The molecule has 0 N–H and O–H groups in total. The molecule has 0 atom stereocenters. The summed E-state index contributed by atoms with van der Waals surface area (Å²) in [5, 5.41) is -0.0155. The van der Waals surface area contributed by atoms with Crippen molar-refractivity contribution >= 4 is 11.6 Å². The van der Waals surface area contributed by atoms with Gasteiger partial charge in [0.1, 0.15) is 17.3 Å². The minimum atomic E-state index is -4.81. The highest BCUT2D eigenvalue weighted by Gasteiger charge is 2.38. The first-order chi connectivity index (χ1) is 13.1. The summed E-state index contributed by atoms with van der Waals surface area (Å²) in [6, 6.07) is 9.97. The summed E-state index contributed by atoms with van der Waals surface area (Å²) in [6.07, 6.45) is -3.69. The van der Waals surface area contributed by atoms with Crippen molar-refractivity contribution in [1.29, 1.82) is 0 Å². The van der Waals surface area contributed by atoms with Gasteiger partial charge in [0.2, 0.25) is 0 Å². The molecule has 3 aromatic rings. The number of nitrogens with zero attached hydrogens (tertiary/aromatic N) is 1. The van der Waals surface area contributed by atoms with E-state index in [0.717, 1.165) is 42.6 Å². The van der Waals surface area contributed by atoms with Crippen LogP contribution in [-0.2, 0) is 5.92 Å². The Morgan fingerprint density at radius 2 is 1.46 bits per heavy atom. The van der Waals surface area contributed by atoms with Gasteiger partial charge in [-0.1, -0.05) is 29.8 Å². The number of benzene rings is 2. The SMILES string of the molecule is Fc1cc(Cl)ccc1C(F)(F)c1ccc(-c2ccc(OC(F)(F)F)cc2)cn1. The number of rotatable bonds is 4. The second-order valence-corrected chi connectivity index (χ2v) is 6.14. The fourth-order valence-electron chi connectivity index (χ4n) is 2.48. The maximum atomic E-state index is 14.6. The lowest BCUT2D eigenvalue weighted by atomic mass is 10.0.